The van der Waals surface area contributed by atoms with E-state index in [-0.39, 0.29) is 42.6 Å². The van der Waals surface area contributed by atoms with E-state index in [1.54, 1.807) is 0 Å². The van der Waals surface area contributed by atoms with Crippen molar-refractivity contribution in [3.8, 4) is 40.1 Å². The van der Waals surface area contributed by atoms with E-state index in [1.807, 2.05) is 62.4 Å². The smallest absolute Gasteiger partial charge is 0.306 e. The van der Waals surface area contributed by atoms with Crippen molar-refractivity contribution in [3.05, 3.63) is 111 Å². The van der Waals surface area contributed by atoms with Gasteiger partial charge in [-0.3, -0.25) is 14.4 Å². The van der Waals surface area contributed by atoms with Gasteiger partial charge in [-0.25, -0.2) is 0 Å². The van der Waals surface area contributed by atoms with Gasteiger partial charge >= 0.3 is 11.9 Å². The summed E-state index contributed by atoms with van der Waals surface area (Å²) in [7, 11) is 0. The number of aliphatic hydroxyl groups is 2. The Balaban J connectivity index is 1.39. The van der Waals surface area contributed by atoms with Crippen LogP contribution in [-0.4, -0.2) is 79.9 Å². The normalized spacial score (nSPS) is 19.5. The molecule has 2 unspecified atom stereocenters. The summed E-state index contributed by atoms with van der Waals surface area (Å²) in [6, 6.07) is 20.4. The first-order valence-electron chi connectivity index (χ1n) is 17.5. The molecule has 0 amide bonds. The maximum atomic E-state index is 14.1. The van der Waals surface area contributed by atoms with Crippen molar-refractivity contribution in [2.75, 3.05) is 6.61 Å². The van der Waals surface area contributed by atoms with E-state index >= 15 is 0 Å². The highest BCUT2D eigenvalue weighted by Crippen LogP contribution is 2.40. The molecule has 2 heterocycles. The van der Waals surface area contributed by atoms with Crippen LogP contribution in [0.5, 0.6) is 28.7 Å². The summed E-state index contributed by atoms with van der Waals surface area (Å²) in [5.41, 5.74) is 2.41. The number of rotatable bonds is 12. The van der Waals surface area contributed by atoms with Crippen molar-refractivity contribution in [3.63, 3.8) is 0 Å². The molecule has 1 aromatic heterocycles. The predicted molar refractivity (Wildman–Crippen MR) is 196 cm³/mol. The van der Waals surface area contributed by atoms with Crippen molar-refractivity contribution in [1.82, 2.24) is 0 Å². The summed E-state index contributed by atoms with van der Waals surface area (Å²) in [4.78, 5) is 40.9. The maximum Gasteiger partial charge on any atom is 0.306 e. The first-order chi connectivity index (χ1) is 26.3. The number of aromatic hydroxyl groups is 4. The van der Waals surface area contributed by atoms with E-state index in [2.05, 4.69) is 0 Å². The lowest BCUT2D eigenvalue weighted by atomic mass is 9.98. The fraction of sp³-hybridized carbons (Fsp3) is 0.293. The number of benzene rings is 4. The highest BCUT2D eigenvalue weighted by molar-refractivity contribution is 5.88. The minimum absolute atomic E-state index is 0.0209. The van der Waals surface area contributed by atoms with Gasteiger partial charge in [0.05, 0.1) is 6.61 Å². The van der Waals surface area contributed by atoms with Crippen LogP contribution in [0.25, 0.3) is 22.3 Å². The molecule has 55 heavy (non-hydrogen) atoms. The van der Waals surface area contributed by atoms with Crippen molar-refractivity contribution in [2.45, 2.75) is 70.2 Å². The van der Waals surface area contributed by atoms with Crippen molar-refractivity contribution < 1.29 is 63.6 Å². The van der Waals surface area contributed by atoms with Crippen LogP contribution in [-0.2, 0) is 36.6 Å². The van der Waals surface area contributed by atoms with Crippen LogP contribution >= 0.6 is 0 Å². The quantitative estimate of drug-likeness (QED) is 0.0765. The molecule has 6 N–H and O–H groups in total. The molecular weight excluding hydrogens is 716 g/mol. The molecule has 1 fully saturated rings. The van der Waals surface area contributed by atoms with Gasteiger partial charge in [-0.2, -0.15) is 0 Å². The molecule has 1 aliphatic heterocycles. The molecule has 4 aromatic carbocycles. The second-order valence-electron chi connectivity index (χ2n) is 13.3. The average molecular weight is 757 g/mol. The Morgan fingerprint density at radius 3 is 1.87 bits per heavy atom. The molecule has 0 aliphatic carbocycles. The van der Waals surface area contributed by atoms with Gasteiger partial charge in [-0.15, -0.1) is 0 Å². The zero-order valence-electron chi connectivity index (χ0n) is 29.9. The number of ether oxygens (including phenoxy) is 4. The van der Waals surface area contributed by atoms with Gasteiger partial charge in [0.15, 0.2) is 23.4 Å². The molecule has 5 aromatic rings. The van der Waals surface area contributed by atoms with Crippen molar-refractivity contribution in [1.29, 1.82) is 0 Å². The Morgan fingerprint density at radius 1 is 0.727 bits per heavy atom. The van der Waals surface area contributed by atoms with E-state index in [9.17, 15) is 45.0 Å². The number of carbonyl (C=O) groups excluding carboxylic acids is 2. The van der Waals surface area contributed by atoms with Crippen LogP contribution in [0.2, 0.25) is 0 Å². The first kappa shape index (κ1) is 38.6. The molecule has 0 spiro atoms. The zero-order chi connectivity index (χ0) is 39.4. The Labute approximate surface area is 314 Å². The molecule has 14 nitrogen and oxygen atoms in total. The van der Waals surface area contributed by atoms with Crippen LogP contribution in [0.4, 0.5) is 0 Å². The van der Waals surface area contributed by atoms with E-state index in [0.29, 0.717) is 0 Å². The minimum atomic E-state index is -1.86. The molecule has 5 atom stereocenters. The molecule has 0 saturated carbocycles. The van der Waals surface area contributed by atoms with Crippen LogP contribution in [0.15, 0.2) is 88.1 Å². The monoisotopic (exact) mass is 756 g/mol. The molecule has 0 radical (unpaired) electrons. The zero-order valence-corrected chi connectivity index (χ0v) is 29.9. The van der Waals surface area contributed by atoms with Crippen LogP contribution in [0.1, 0.15) is 35.1 Å². The highest BCUT2D eigenvalue weighted by Gasteiger charge is 2.51. The Morgan fingerprint density at radius 2 is 1.31 bits per heavy atom. The molecular formula is C41H40O14. The lowest BCUT2D eigenvalue weighted by molar-refractivity contribution is -0.286. The summed E-state index contributed by atoms with van der Waals surface area (Å²) in [5, 5.41) is 62.2. The van der Waals surface area contributed by atoms with Gasteiger partial charge in [-0.1, -0.05) is 59.7 Å². The number of aliphatic hydroxyl groups excluding tert-OH is 2. The predicted octanol–water partition coefficient (Wildman–Crippen LogP) is 4.45. The van der Waals surface area contributed by atoms with Crippen LogP contribution in [0.3, 0.4) is 0 Å². The molecule has 288 valence electrons. The lowest BCUT2D eigenvalue weighted by Crippen LogP contribution is -2.62. The number of carbonyl (C=O) groups is 2. The standard InChI is InChI=1S/C41H40O14/c1-21-3-7-23(8-4-21)11-15-32(47)53-38-35(49)31(20-42)52-41(40(38)54-33(48)16-12-24-9-5-22(2)6-10-24)55-39-36(50)34-29(46)18-26(43)19-30(34)51-37(39)25-13-14-27(44)28(45)17-25/h3-10,13-14,17-19,31,35,38,40-46,49H,11-12,15-16,20H2,1-2H3/t31?,35-,38+,40?,41+/m1/s1. The van der Waals surface area contributed by atoms with Crippen molar-refractivity contribution in [2.24, 2.45) is 0 Å². The summed E-state index contributed by atoms with van der Waals surface area (Å²) >= 11 is 0. The number of hydrogen-bond donors (Lipinski definition) is 6. The third-order valence-corrected chi connectivity index (χ3v) is 9.20. The summed E-state index contributed by atoms with van der Waals surface area (Å²) in [6.45, 7) is 3.03. The van der Waals surface area contributed by atoms with Gasteiger partial charge in [0.2, 0.25) is 23.6 Å². The third kappa shape index (κ3) is 8.83. The van der Waals surface area contributed by atoms with Crippen molar-refractivity contribution >= 4 is 22.9 Å². The topological polar surface area (TPSA) is 223 Å². The maximum absolute atomic E-state index is 14.1. The fourth-order valence-corrected chi connectivity index (χ4v) is 6.17. The second-order valence-corrected chi connectivity index (χ2v) is 13.3. The number of phenolic OH excluding ortho intramolecular Hbond substituents is 4. The molecule has 1 aliphatic rings. The Kier molecular flexibility index (Phi) is 11.6. The van der Waals surface area contributed by atoms with Gasteiger partial charge in [-0.05, 0) is 56.0 Å². The summed E-state index contributed by atoms with van der Waals surface area (Å²) < 4.78 is 29.5. The average Bonchev–Trinajstić information content (AvgIpc) is 3.15. The number of hydrogen-bond acceptors (Lipinski definition) is 14. The SMILES string of the molecule is Cc1ccc(CCC(=O)OC2[C@H](Oc3c(-c4ccc(O)c(O)c4)oc4cc(O)cc(O)c4c3=O)OC(CO)[C@@H](O)[C@@H]2OC(=O)CCc2ccc(C)cc2)cc1. The molecule has 0 bridgehead atoms. The van der Waals surface area contributed by atoms with E-state index < -0.39 is 88.8 Å². The fourth-order valence-electron chi connectivity index (χ4n) is 6.17. The highest BCUT2D eigenvalue weighted by atomic mass is 16.7. The largest absolute Gasteiger partial charge is 0.508 e. The third-order valence-electron chi connectivity index (χ3n) is 9.20. The van der Waals surface area contributed by atoms with Gasteiger partial charge in [0, 0.05) is 30.5 Å². The van der Waals surface area contributed by atoms with E-state index in [0.717, 1.165) is 46.5 Å². The molecule has 6 rings (SSSR count). The number of fused-ring (bicyclic) bond motifs is 1. The number of esters is 2. The van der Waals surface area contributed by atoms with Crippen LogP contribution < -0.4 is 10.2 Å². The van der Waals surface area contributed by atoms with Gasteiger partial charge < -0.3 is 54.0 Å². The number of phenols is 4. The minimum Gasteiger partial charge on any atom is -0.508 e. The second kappa shape index (κ2) is 16.5. The summed E-state index contributed by atoms with van der Waals surface area (Å²) in [5.74, 6) is -4.85. The van der Waals surface area contributed by atoms with E-state index in [4.69, 9.17) is 23.4 Å². The first-order valence-corrected chi connectivity index (χ1v) is 17.5. The lowest BCUT2D eigenvalue weighted by Gasteiger charge is -2.42. The Hall–Kier alpha value is -6.09. The molecule has 14 heteroatoms. The van der Waals surface area contributed by atoms with Gasteiger partial charge in [0.1, 0.15) is 34.7 Å². The summed E-state index contributed by atoms with van der Waals surface area (Å²) in [6.07, 6.45) is -8.25. The van der Waals surface area contributed by atoms with Gasteiger partial charge in [0.25, 0.3) is 0 Å². The van der Waals surface area contributed by atoms with E-state index in [1.165, 1.54) is 6.07 Å². The molecule has 1 saturated heterocycles. The Bertz CT molecular complexity index is 2230. The number of aryl methyl sites for hydroxylation is 4. The van der Waals surface area contributed by atoms with Crippen LogP contribution in [0, 0.1) is 13.8 Å².